The fourth-order valence-electron chi connectivity index (χ4n) is 5.39. The van der Waals surface area contributed by atoms with Crippen molar-refractivity contribution >= 4 is 23.0 Å². The minimum absolute atomic E-state index is 0.0473. The molecule has 1 aliphatic heterocycles. The molecule has 8 heteroatoms. The highest BCUT2D eigenvalue weighted by Crippen LogP contribution is 2.43. The van der Waals surface area contributed by atoms with E-state index in [4.69, 9.17) is 13.9 Å². The number of hydrogen-bond acceptors (Lipinski definition) is 6. The number of carbonyl (C=O) groups excluding carboxylic acids is 2. The van der Waals surface area contributed by atoms with Crippen molar-refractivity contribution in [1.82, 2.24) is 10.7 Å². The average Bonchev–Trinajstić information content (AvgIpc) is 2.93. The van der Waals surface area contributed by atoms with E-state index in [0.29, 0.717) is 12.0 Å². The van der Waals surface area contributed by atoms with Gasteiger partial charge < -0.3 is 19.2 Å². The van der Waals surface area contributed by atoms with Gasteiger partial charge in [0.15, 0.2) is 0 Å². The molecule has 2 aliphatic rings. The van der Waals surface area contributed by atoms with Gasteiger partial charge in [0.25, 0.3) is 5.91 Å². The van der Waals surface area contributed by atoms with E-state index >= 15 is 0 Å². The van der Waals surface area contributed by atoms with Gasteiger partial charge in [-0.25, -0.2) is 10.2 Å². The SMILES string of the molecule is CCC(NC(=O)OCc1ccccc1)C(=O)NN=c1cc(C)c2cc3c(cc2o1)OC1(CCCCC1)CC3. The molecule has 2 heterocycles. The molecule has 1 fully saturated rings. The van der Waals surface area contributed by atoms with Crippen molar-refractivity contribution in [1.29, 1.82) is 0 Å². The number of hydrogen-bond donors (Lipinski definition) is 2. The van der Waals surface area contributed by atoms with Crippen LogP contribution in [0.4, 0.5) is 4.79 Å². The number of rotatable bonds is 6. The lowest BCUT2D eigenvalue weighted by atomic mass is 9.79. The Hall–Kier alpha value is -3.81. The van der Waals surface area contributed by atoms with Crippen LogP contribution >= 0.6 is 0 Å². The molecule has 38 heavy (non-hydrogen) atoms. The van der Waals surface area contributed by atoms with Gasteiger partial charge in [0.1, 0.15) is 29.6 Å². The van der Waals surface area contributed by atoms with Crippen LogP contribution in [0.5, 0.6) is 5.75 Å². The first-order valence-electron chi connectivity index (χ1n) is 13.5. The fourth-order valence-corrected chi connectivity index (χ4v) is 5.39. The van der Waals surface area contributed by atoms with Crippen LogP contribution in [-0.4, -0.2) is 23.6 Å². The maximum atomic E-state index is 12.7. The number of nitrogens with one attached hydrogen (secondary N) is 2. The zero-order chi connectivity index (χ0) is 26.5. The second-order valence-corrected chi connectivity index (χ2v) is 10.3. The third-order valence-corrected chi connectivity index (χ3v) is 7.59. The average molecular weight is 518 g/mol. The van der Waals surface area contributed by atoms with E-state index in [-0.39, 0.29) is 17.8 Å². The Bertz CT molecular complexity index is 1380. The molecule has 1 aliphatic carbocycles. The van der Waals surface area contributed by atoms with E-state index in [1.54, 1.807) is 13.0 Å². The maximum absolute atomic E-state index is 12.7. The molecular formula is C30H35N3O5. The Morgan fingerprint density at radius 2 is 1.87 bits per heavy atom. The highest BCUT2D eigenvalue weighted by atomic mass is 16.5. The van der Waals surface area contributed by atoms with E-state index in [1.807, 2.05) is 43.3 Å². The molecule has 3 aromatic rings. The molecule has 1 aromatic heterocycles. The maximum Gasteiger partial charge on any atom is 0.408 e. The molecule has 1 saturated carbocycles. The molecule has 1 atom stereocenters. The summed E-state index contributed by atoms with van der Waals surface area (Å²) in [7, 11) is 0. The van der Waals surface area contributed by atoms with Gasteiger partial charge in [-0.05, 0) is 74.6 Å². The standard InChI is InChI=1S/C30H35N3O5/c1-3-24(31-29(35)36-19-21-10-6-4-7-11-21)28(34)33-32-27-16-20(2)23-17-22-12-15-30(13-8-5-9-14-30)38-25(22)18-26(23)37-27/h4,6-7,10-11,16-18,24H,3,5,8-9,12-15,19H2,1-2H3,(H,31,35)(H,33,34). The first-order chi connectivity index (χ1) is 18.4. The van der Waals surface area contributed by atoms with Crippen LogP contribution in [0, 0.1) is 6.92 Å². The molecule has 0 bridgehead atoms. The highest BCUT2D eigenvalue weighted by molar-refractivity contribution is 5.85. The first-order valence-corrected chi connectivity index (χ1v) is 13.5. The Morgan fingerprint density at radius 1 is 1.08 bits per heavy atom. The molecule has 1 unspecified atom stereocenters. The normalized spacial score (nSPS) is 17.4. The zero-order valence-electron chi connectivity index (χ0n) is 22.0. The highest BCUT2D eigenvalue weighted by Gasteiger charge is 2.37. The fraction of sp³-hybridized carbons (Fsp3) is 0.433. The molecule has 200 valence electrons. The molecule has 2 amide bonds. The lowest BCUT2D eigenvalue weighted by Gasteiger charge is -2.41. The summed E-state index contributed by atoms with van der Waals surface area (Å²) in [5.41, 5.74) is 6.48. The molecular weight excluding hydrogens is 482 g/mol. The quantitative estimate of drug-likeness (QED) is 0.426. The molecule has 0 saturated heterocycles. The number of ether oxygens (including phenoxy) is 2. The number of benzene rings is 2. The summed E-state index contributed by atoms with van der Waals surface area (Å²) in [5, 5.41) is 7.79. The van der Waals surface area contributed by atoms with Gasteiger partial charge >= 0.3 is 6.09 Å². The van der Waals surface area contributed by atoms with Crippen LogP contribution in [0.15, 0.2) is 58.0 Å². The number of alkyl carbamates (subject to hydrolysis) is 1. The number of nitrogens with zero attached hydrogens (tertiary/aromatic N) is 1. The summed E-state index contributed by atoms with van der Waals surface area (Å²) in [4.78, 5) is 24.9. The topological polar surface area (TPSA) is 102 Å². The van der Waals surface area contributed by atoms with Crippen LogP contribution in [0.1, 0.15) is 68.6 Å². The second-order valence-electron chi connectivity index (χ2n) is 10.3. The van der Waals surface area contributed by atoms with Crippen molar-refractivity contribution in [2.45, 2.75) is 83.5 Å². The van der Waals surface area contributed by atoms with E-state index in [1.165, 1.54) is 24.8 Å². The third kappa shape index (κ3) is 5.85. The largest absolute Gasteiger partial charge is 0.487 e. The van der Waals surface area contributed by atoms with Crippen LogP contribution in [0.3, 0.4) is 0 Å². The lowest BCUT2D eigenvalue weighted by Crippen LogP contribution is -2.45. The van der Waals surface area contributed by atoms with Crippen molar-refractivity contribution in [2.75, 3.05) is 0 Å². The summed E-state index contributed by atoms with van der Waals surface area (Å²) in [6.07, 6.45) is 7.71. The Labute approximate surface area is 222 Å². The summed E-state index contributed by atoms with van der Waals surface area (Å²) >= 11 is 0. The predicted octanol–water partition coefficient (Wildman–Crippen LogP) is 5.41. The monoisotopic (exact) mass is 517 g/mol. The minimum atomic E-state index is -0.796. The van der Waals surface area contributed by atoms with Gasteiger partial charge in [0, 0.05) is 17.5 Å². The van der Waals surface area contributed by atoms with Crippen LogP contribution in [0.25, 0.3) is 11.0 Å². The molecule has 2 N–H and O–H groups in total. The first kappa shape index (κ1) is 25.8. The van der Waals surface area contributed by atoms with Gasteiger partial charge in [-0.15, -0.1) is 5.10 Å². The number of aryl methyl sites for hydroxylation is 2. The van der Waals surface area contributed by atoms with Crippen molar-refractivity contribution in [3.63, 3.8) is 0 Å². The Kier molecular flexibility index (Phi) is 7.67. The number of amides is 2. The minimum Gasteiger partial charge on any atom is -0.487 e. The van der Waals surface area contributed by atoms with E-state index in [2.05, 4.69) is 21.9 Å². The zero-order valence-corrected chi connectivity index (χ0v) is 22.0. The molecule has 2 aromatic carbocycles. The third-order valence-electron chi connectivity index (χ3n) is 7.59. The van der Waals surface area contributed by atoms with E-state index in [0.717, 1.165) is 47.9 Å². The Balaban J connectivity index is 1.27. The van der Waals surface area contributed by atoms with Crippen molar-refractivity contribution in [3.8, 4) is 5.75 Å². The Morgan fingerprint density at radius 3 is 2.63 bits per heavy atom. The van der Waals surface area contributed by atoms with Gasteiger partial charge in [0.05, 0.1) is 0 Å². The van der Waals surface area contributed by atoms with Gasteiger partial charge in [-0.2, -0.15) is 0 Å². The van der Waals surface area contributed by atoms with Gasteiger partial charge in [0.2, 0.25) is 5.55 Å². The number of carbonyl (C=O) groups is 2. The van der Waals surface area contributed by atoms with Crippen molar-refractivity contribution in [3.05, 3.63) is 70.8 Å². The van der Waals surface area contributed by atoms with Crippen LogP contribution in [-0.2, 0) is 22.6 Å². The summed E-state index contributed by atoms with van der Waals surface area (Å²) in [5.74, 6) is 0.435. The summed E-state index contributed by atoms with van der Waals surface area (Å²) in [6, 6.07) is 14.5. The van der Waals surface area contributed by atoms with E-state index in [9.17, 15) is 9.59 Å². The van der Waals surface area contributed by atoms with Gasteiger partial charge in [-0.1, -0.05) is 43.7 Å². The van der Waals surface area contributed by atoms with Crippen LogP contribution in [0.2, 0.25) is 0 Å². The molecule has 5 rings (SSSR count). The van der Waals surface area contributed by atoms with Crippen molar-refractivity contribution < 1.29 is 23.5 Å². The second kappa shape index (κ2) is 11.3. The smallest absolute Gasteiger partial charge is 0.408 e. The number of fused-ring (bicyclic) bond motifs is 2. The molecule has 8 nitrogen and oxygen atoms in total. The van der Waals surface area contributed by atoms with Crippen LogP contribution < -0.4 is 21.0 Å². The predicted molar refractivity (Wildman–Crippen MR) is 143 cm³/mol. The van der Waals surface area contributed by atoms with Gasteiger partial charge in [-0.3, -0.25) is 4.79 Å². The van der Waals surface area contributed by atoms with E-state index < -0.39 is 18.0 Å². The van der Waals surface area contributed by atoms with Crippen molar-refractivity contribution in [2.24, 2.45) is 5.10 Å². The molecule has 1 spiro atoms. The summed E-state index contributed by atoms with van der Waals surface area (Å²) < 4.78 is 17.8. The molecule has 0 radical (unpaired) electrons. The summed E-state index contributed by atoms with van der Waals surface area (Å²) in [6.45, 7) is 3.92. The lowest BCUT2D eigenvalue weighted by molar-refractivity contribution is -0.123.